The second-order valence-corrected chi connectivity index (χ2v) is 5.19. The monoisotopic (exact) mass is 260 g/mol. The molecule has 0 aliphatic rings. The molecule has 2 heterocycles. The molecule has 0 saturated heterocycles. The van der Waals surface area contributed by atoms with Gasteiger partial charge in [-0.3, -0.25) is 9.55 Å². The van der Waals surface area contributed by atoms with E-state index >= 15 is 0 Å². The third-order valence-corrected chi connectivity index (χ3v) is 2.21. The number of aromatic nitrogens is 4. The van der Waals surface area contributed by atoms with Crippen molar-refractivity contribution in [3.05, 3.63) is 36.3 Å². The summed E-state index contributed by atoms with van der Waals surface area (Å²) < 4.78 is 6.96. The molecule has 2 rings (SSSR count). The summed E-state index contributed by atoms with van der Waals surface area (Å²) in [7, 11) is 0. The zero-order valence-electron chi connectivity index (χ0n) is 11.4. The van der Waals surface area contributed by atoms with Crippen molar-refractivity contribution in [2.45, 2.75) is 33.3 Å². The summed E-state index contributed by atoms with van der Waals surface area (Å²) in [6, 6.07) is 0. The molecular formula is C13H16N4O2. The quantitative estimate of drug-likeness (QED) is 0.771. The minimum Gasteiger partial charge on any atom is -0.455 e. The number of hydrogen-bond donors (Lipinski definition) is 0. The molecule has 6 nitrogen and oxygen atoms in total. The standard InChI is InChI=1S/C13H16N4O2/c1-9-7-17(8-15-9)11-6-14-5-10(16-11)12(18)19-13(2,3)4/h5-8H,1-4H3. The molecule has 0 bridgehead atoms. The van der Waals surface area contributed by atoms with E-state index in [9.17, 15) is 4.79 Å². The van der Waals surface area contributed by atoms with Crippen LogP contribution in [-0.2, 0) is 4.74 Å². The Kier molecular flexibility index (Phi) is 3.33. The molecule has 0 amide bonds. The molecule has 19 heavy (non-hydrogen) atoms. The fourth-order valence-electron chi connectivity index (χ4n) is 1.46. The Morgan fingerprint density at radius 2 is 2.05 bits per heavy atom. The zero-order valence-corrected chi connectivity index (χ0v) is 11.4. The van der Waals surface area contributed by atoms with E-state index in [1.54, 1.807) is 37.9 Å². The lowest BCUT2D eigenvalue weighted by Crippen LogP contribution is -2.24. The number of esters is 1. The summed E-state index contributed by atoms with van der Waals surface area (Å²) in [5.74, 6) is 0.0441. The number of carbonyl (C=O) groups is 1. The number of nitrogens with zero attached hydrogens (tertiary/aromatic N) is 4. The third-order valence-electron chi connectivity index (χ3n) is 2.21. The summed E-state index contributed by atoms with van der Waals surface area (Å²) in [5.41, 5.74) is 0.489. The lowest BCUT2D eigenvalue weighted by Gasteiger charge is -2.19. The molecule has 0 fully saturated rings. The predicted molar refractivity (Wildman–Crippen MR) is 69.1 cm³/mol. The molecule has 0 aliphatic carbocycles. The van der Waals surface area contributed by atoms with E-state index < -0.39 is 11.6 Å². The van der Waals surface area contributed by atoms with Crippen LogP contribution < -0.4 is 0 Å². The van der Waals surface area contributed by atoms with E-state index in [4.69, 9.17) is 4.74 Å². The Balaban J connectivity index is 2.27. The number of imidazole rings is 1. The first-order chi connectivity index (χ1) is 8.85. The fraction of sp³-hybridized carbons (Fsp3) is 0.385. The van der Waals surface area contributed by atoms with Crippen LogP contribution in [0.25, 0.3) is 5.82 Å². The van der Waals surface area contributed by atoms with E-state index in [2.05, 4.69) is 15.0 Å². The van der Waals surface area contributed by atoms with Gasteiger partial charge in [-0.2, -0.15) is 0 Å². The van der Waals surface area contributed by atoms with Crippen LogP contribution in [0.2, 0.25) is 0 Å². The maximum Gasteiger partial charge on any atom is 0.359 e. The van der Waals surface area contributed by atoms with Gasteiger partial charge in [0.25, 0.3) is 0 Å². The molecule has 0 aromatic carbocycles. The van der Waals surface area contributed by atoms with Crippen molar-refractivity contribution in [3.63, 3.8) is 0 Å². The molecular weight excluding hydrogens is 244 g/mol. The minimum atomic E-state index is -0.555. The van der Waals surface area contributed by atoms with E-state index in [0.717, 1.165) is 5.69 Å². The number of hydrogen-bond acceptors (Lipinski definition) is 5. The average Bonchev–Trinajstić information content (AvgIpc) is 2.74. The Labute approximate surface area is 111 Å². The highest BCUT2D eigenvalue weighted by Gasteiger charge is 2.19. The molecule has 0 N–H and O–H groups in total. The smallest absolute Gasteiger partial charge is 0.359 e. The maximum absolute atomic E-state index is 11.9. The van der Waals surface area contributed by atoms with Crippen LogP contribution in [0.3, 0.4) is 0 Å². The van der Waals surface area contributed by atoms with Gasteiger partial charge in [0, 0.05) is 6.20 Å². The molecule has 2 aromatic rings. The van der Waals surface area contributed by atoms with E-state index in [1.165, 1.54) is 6.20 Å². The second-order valence-electron chi connectivity index (χ2n) is 5.19. The number of carbonyl (C=O) groups excluding carboxylic acids is 1. The summed E-state index contributed by atoms with van der Waals surface area (Å²) in [6.45, 7) is 7.30. The second kappa shape index (κ2) is 4.79. The molecule has 0 saturated carbocycles. The Morgan fingerprint density at radius 3 is 2.63 bits per heavy atom. The highest BCUT2D eigenvalue weighted by molar-refractivity contribution is 5.87. The van der Waals surface area contributed by atoms with Crippen molar-refractivity contribution < 1.29 is 9.53 Å². The summed E-state index contributed by atoms with van der Waals surface area (Å²) >= 11 is 0. The van der Waals surface area contributed by atoms with Gasteiger partial charge in [0.1, 0.15) is 11.9 Å². The van der Waals surface area contributed by atoms with Crippen LogP contribution in [0.15, 0.2) is 24.9 Å². The van der Waals surface area contributed by atoms with Gasteiger partial charge >= 0.3 is 5.97 Å². The highest BCUT2D eigenvalue weighted by Crippen LogP contribution is 2.11. The largest absolute Gasteiger partial charge is 0.455 e. The number of ether oxygens (including phenoxy) is 1. The fourth-order valence-corrected chi connectivity index (χ4v) is 1.46. The molecule has 0 atom stereocenters. The van der Waals surface area contributed by atoms with Gasteiger partial charge in [-0.25, -0.2) is 14.8 Å². The zero-order chi connectivity index (χ0) is 14.0. The normalized spacial score (nSPS) is 11.4. The average molecular weight is 260 g/mol. The third kappa shape index (κ3) is 3.37. The summed E-state index contributed by atoms with van der Waals surface area (Å²) in [4.78, 5) is 24.2. The lowest BCUT2D eigenvalue weighted by molar-refractivity contribution is 0.00622. The van der Waals surface area contributed by atoms with Crippen molar-refractivity contribution in [1.29, 1.82) is 0 Å². The molecule has 0 radical (unpaired) electrons. The van der Waals surface area contributed by atoms with Crippen LogP contribution in [0.5, 0.6) is 0 Å². The van der Waals surface area contributed by atoms with Crippen LogP contribution in [0, 0.1) is 6.92 Å². The van der Waals surface area contributed by atoms with E-state index in [1.807, 2.05) is 13.1 Å². The van der Waals surface area contributed by atoms with Gasteiger partial charge in [0.2, 0.25) is 0 Å². The van der Waals surface area contributed by atoms with Gasteiger partial charge in [-0.05, 0) is 27.7 Å². The van der Waals surface area contributed by atoms with Gasteiger partial charge in [-0.15, -0.1) is 0 Å². The highest BCUT2D eigenvalue weighted by atomic mass is 16.6. The van der Waals surface area contributed by atoms with Crippen molar-refractivity contribution in [3.8, 4) is 5.82 Å². The molecule has 100 valence electrons. The first-order valence-corrected chi connectivity index (χ1v) is 5.91. The molecule has 6 heteroatoms. The lowest BCUT2D eigenvalue weighted by atomic mass is 10.2. The Bertz CT molecular complexity index is 599. The van der Waals surface area contributed by atoms with Crippen molar-refractivity contribution in [1.82, 2.24) is 19.5 Å². The summed E-state index contributed by atoms with van der Waals surface area (Å²) in [5, 5.41) is 0. The first-order valence-electron chi connectivity index (χ1n) is 5.91. The van der Waals surface area contributed by atoms with Crippen LogP contribution >= 0.6 is 0 Å². The van der Waals surface area contributed by atoms with Crippen molar-refractivity contribution in [2.24, 2.45) is 0 Å². The molecule has 2 aromatic heterocycles. The predicted octanol–water partition coefficient (Wildman–Crippen LogP) is 1.93. The molecule has 0 unspecified atom stereocenters. The number of aryl methyl sites for hydroxylation is 1. The molecule has 0 aliphatic heterocycles. The van der Waals surface area contributed by atoms with Gasteiger partial charge in [0.15, 0.2) is 11.5 Å². The Hall–Kier alpha value is -2.24. The van der Waals surface area contributed by atoms with Crippen LogP contribution in [-0.4, -0.2) is 31.1 Å². The van der Waals surface area contributed by atoms with E-state index in [0.29, 0.717) is 5.82 Å². The van der Waals surface area contributed by atoms with E-state index in [-0.39, 0.29) is 5.69 Å². The first kappa shape index (κ1) is 13.2. The minimum absolute atomic E-state index is 0.179. The van der Waals surface area contributed by atoms with Crippen LogP contribution in [0.4, 0.5) is 0 Å². The van der Waals surface area contributed by atoms with Crippen LogP contribution in [0.1, 0.15) is 37.0 Å². The number of rotatable bonds is 2. The van der Waals surface area contributed by atoms with Crippen molar-refractivity contribution in [2.75, 3.05) is 0 Å². The maximum atomic E-state index is 11.9. The molecule has 0 spiro atoms. The Morgan fingerprint density at radius 1 is 1.32 bits per heavy atom. The van der Waals surface area contributed by atoms with Gasteiger partial charge in [-0.1, -0.05) is 0 Å². The SMILES string of the molecule is Cc1cn(-c2cncc(C(=O)OC(C)(C)C)n2)cn1. The topological polar surface area (TPSA) is 69.9 Å². The van der Waals surface area contributed by atoms with Crippen molar-refractivity contribution >= 4 is 5.97 Å². The summed E-state index contributed by atoms with van der Waals surface area (Å²) in [6.07, 6.45) is 6.39. The van der Waals surface area contributed by atoms with Gasteiger partial charge in [0.05, 0.1) is 18.1 Å². The van der Waals surface area contributed by atoms with Gasteiger partial charge < -0.3 is 4.74 Å².